The Bertz CT molecular complexity index is 301. The van der Waals surface area contributed by atoms with Gasteiger partial charge in [-0.3, -0.25) is 14.5 Å². The highest BCUT2D eigenvalue weighted by atomic mass is 16.2. The van der Waals surface area contributed by atoms with Crippen LogP contribution in [0.5, 0.6) is 0 Å². The van der Waals surface area contributed by atoms with Gasteiger partial charge >= 0.3 is 0 Å². The minimum atomic E-state index is -0.379. The zero-order valence-corrected chi connectivity index (χ0v) is 11.9. The van der Waals surface area contributed by atoms with Crippen LogP contribution < -0.4 is 16.4 Å². The summed E-state index contributed by atoms with van der Waals surface area (Å²) in [6.45, 7) is 7.01. The molecule has 1 aliphatic rings. The predicted molar refractivity (Wildman–Crippen MR) is 74.5 cm³/mol. The molecule has 0 aliphatic carbocycles. The van der Waals surface area contributed by atoms with Crippen molar-refractivity contribution in [3.05, 3.63) is 0 Å². The maximum atomic E-state index is 11.9. The van der Waals surface area contributed by atoms with Crippen molar-refractivity contribution < 1.29 is 9.59 Å². The molecule has 110 valence electrons. The fourth-order valence-corrected chi connectivity index (χ4v) is 2.24. The Morgan fingerprint density at radius 2 is 1.95 bits per heavy atom. The van der Waals surface area contributed by atoms with E-state index in [2.05, 4.69) is 10.6 Å². The van der Waals surface area contributed by atoms with Crippen LogP contribution in [0.15, 0.2) is 0 Å². The third-order valence-corrected chi connectivity index (χ3v) is 3.24. The zero-order valence-electron chi connectivity index (χ0n) is 11.9. The van der Waals surface area contributed by atoms with Crippen molar-refractivity contribution in [3.8, 4) is 0 Å². The quantitative estimate of drug-likeness (QED) is 0.571. The molecule has 0 bridgehead atoms. The SMILES string of the molecule is CC(C)CNC(=O)CN(CC(N)=O)C1CCNCC1. The van der Waals surface area contributed by atoms with Gasteiger partial charge in [0.2, 0.25) is 11.8 Å². The number of carbonyl (C=O) groups excluding carboxylic acids is 2. The van der Waals surface area contributed by atoms with Crippen molar-refractivity contribution in [2.24, 2.45) is 11.7 Å². The number of nitrogens with zero attached hydrogens (tertiary/aromatic N) is 1. The topological polar surface area (TPSA) is 87.5 Å². The van der Waals surface area contributed by atoms with Gasteiger partial charge in [-0.05, 0) is 31.8 Å². The van der Waals surface area contributed by atoms with Crippen molar-refractivity contribution in [1.82, 2.24) is 15.5 Å². The van der Waals surface area contributed by atoms with Crippen LogP contribution in [0.1, 0.15) is 26.7 Å². The van der Waals surface area contributed by atoms with Gasteiger partial charge in [-0.1, -0.05) is 13.8 Å². The summed E-state index contributed by atoms with van der Waals surface area (Å²) in [5.41, 5.74) is 5.27. The highest BCUT2D eigenvalue weighted by Gasteiger charge is 2.24. The normalized spacial score (nSPS) is 16.8. The molecule has 4 N–H and O–H groups in total. The summed E-state index contributed by atoms with van der Waals surface area (Å²) in [5, 5.41) is 6.15. The van der Waals surface area contributed by atoms with Crippen LogP contribution in [0.3, 0.4) is 0 Å². The van der Waals surface area contributed by atoms with Gasteiger partial charge in [0.05, 0.1) is 13.1 Å². The van der Waals surface area contributed by atoms with E-state index in [0.717, 1.165) is 25.9 Å². The Labute approximate surface area is 115 Å². The second-order valence-corrected chi connectivity index (χ2v) is 5.55. The molecule has 0 aromatic carbocycles. The standard InChI is InChI=1S/C13H26N4O2/c1-10(2)7-16-13(19)9-17(8-12(14)18)11-3-5-15-6-4-11/h10-11,15H,3-9H2,1-2H3,(H2,14,18)(H,16,19). The molecule has 1 saturated heterocycles. The van der Waals surface area contributed by atoms with Crippen LogP contribution in [-0.2, 0) is 9.59 Å². The Morgan fingerprint density at radius 3 is 2.47 bits per heavy atom. The number of rotatable bonds is 7. The first-order valence-electron chi connectivity index (χ1n) is 6.98. The molecular weight excluding hydrogens is 244 g/mol. The number of hydrogen-bond donors (Lipinski definition) is 3. The first kappa shape index (κ1) is 15.9. The molecule has 19 heavy (non-hydrogen) atoms. The number of primary amides is 1. The van der Waals surface area contributed by atoms with E-state index in [1.165, 1.54) is 0 Å². The molecular formula is C13H26N4O2. The van der Waals surface area contributed by atoms with E-state index < -0.39 is 0 Å². The summed E-state index contributed by atoms with van der Waals surface area (Å²) in [7, 11) is 0. The van der Waals surface area contributed by atoms with Crippen LogP contribution in [0.25, 0.3) is 0 Å². The van der Waals surface area contributed by atoms with E-state index in [0.29, 0.717) is 12.5 Å². The maximum Gasteiger partial charge on any atom is 0.234 e. The minimum absolute atomic E-state index is 0.0338. The van der Waals surface area contributed by atoms with Gasteiger partial charge in [0.25, 0.3) is 0 Å². The smallest absolute Gasteiger partial charge is 0.234 e. The fraction of sp³-hybridized carbons (Fsp3) is 0.846. The number of nitrogens with one attached hydrogen (secondary N) is 2. The number of amides is 2. The van der Waals surface area contributed by atoms with Gasteiger partial charge in [-0.25, -0.2) is 0 Å². The highest BCUT2D eigenvalue weighted by molar-refractivity contribution is 5.80. The van der Waals surface area contributed by atoms with E-state index in [1.54, 1.807) is 0 Å². The van der Waals surface area contributed by atoms with Crippen molar-refractivity contribution in [2.75, 3.05) is 32.7 Å². The van der Waals surface area contributed by atoms with E-state index in [-0.39, 0.29) is 30.9 Å². The first-order chi connectivity index (χ1) is 8.99. The summed E-state index contributed by atoms with van der Waals surface area (Å²) in [5.74, 6) is 0.0103. The monoisotopic (exact) mass is 270 g/mol. The van der Waals surface area contributed by atoms with Gasteiger partial charge in [-0.2, -0.15) is 0 Å². The molecule has 0 aromatic rings. The molecule has 1 fully saturated rings. The second kappa shape index (κ2) is 8.12. The first-order valence-corrected chi connectivity index (χ1v) is 6.98. The van der Waals surface area contributed by atoms with E-state index in [1.807, 2.05) is 18.7 Å². The summed E-state index contributed by atoms with van der Waals surface area (Å²) in [6.07, 6.45) is 1.90. The van der Waals surface area contributed by atoms with E-state index >= 15 is 0 Å². The molecule has 1 heterocycles. The average molecular weight is 270 g/mol. The van der Waals surface area contributed by atoms with Gasteiger partial charge < -0.3 is 16.4 Å². The lowest BCUT2D eigenvalue weighted by atomic mass is 10.0. The summed E-state index contributed by atoms with van der Waals surface area (Å²) in [6, 6.07) is 0.263. The Hall–Kier alpha value is -1.14. The summed E-state index contributed by atoms with van der Waals surface area (Å²) in [4.78, 5) is 24.9. The van der Waals surface area contributed by atoms with Crippen LogP contribution in [0.4, 0.5) is 0 Å². The zero-order chi connectivity index (χ0) is 14.3. The predicted octanol–water partition coefficient (Wildman–Crippen LogP) is -0.702. The summed E-state index contributed by atoms with van der Waals surface area (Å²) < 4.78 is 0. The molecule has 0 atom stereocenters. The lowest BCUT2D eigenvalue weighted by Crippen LogP contribution is -2.50. The molecule has 0 radical (unpaired) electrons. The molecule has 0 spiro atoms. The van der Waals surface area contributed by atoms with Gasteiger partial charge in [0, 0.05) is 12.6 Å². The van der Waals surface area contributed by atoms with Gasteiger partial charge in [0.15, 0.2) is 0 Å². The fourth-order valence-electron chi connectivity index (χ4n) is 2.24. The molecule has 0 aromatic heterocycles. The molecule has 6 nitrogen and oxygen atoms in total. The van der Waals surface area contributed by atoms with Crippen LogP contribution in [0.2, 0.25) is 0 Å². The molecule has 6 heteroatoms. The maximum absolute atomic E-state index is 11.9. The van der Waals surface area contributed by atoms with E-state index in [9.17, 15) is 9.59 Å². The van der Waals surface area contributed by atoms with Crippen LogP contribution in [-0.4, -0.2) is 55.5 Å². The Morgan fingerprint density at radius 1 is 1.32 bits per heavy atom. The Balaban J connectivity index is 2.48. The van der Waals surface area contributed by atoms with Crippen molar-refractivity contribution in [1.29, 1.82) is 0 Å². The number of nitrogens with two attached hydrogens (primary N) is 1. The lowest BCUT2D eigenvalue weighted by Gasteiger charge is -2.33. The highest BCUT2D eigenvalue weighted by Crippen LogP contribution is 2.11. The molecule has 1 aliphatic heterocycles. The van der Waals surface area contributed by atoms with E-state index in [4.69, 9.17) is 5.73 Å². The third-order valence-electron chi connectivity index (χ3n) is 3.24. The lowest BCUT2D eigenvalue weighted by molar-refractivity contribution is -0.125. The van der Waals surface area contributed by atoms with Gasteiger partial charge in [-0.15, -0.1) is 0 Å². The van der Waals surface area contributed by atoms with Crippen molar-refractivity contribution >= 4 is 11.8 Å². The second-order valence-electron chi connectivity index (χ2n) is 5.55. The minimum Gasteiger partial charge on any atom is -0.369 e. The van der Waals surface area contributed by atoms with Crippen molar-refractivity contribution in [3.63, 3.8) is 0 Å². The van der Waals surface area contributed by atoms with Gasteiger partial charge in [0.1, 0.15) is 0 Å². The number of carbonyl (C=O) groups is 2. The number of hydrogen-bond acceptors (Lipinski definition) is 4. The average Bonchev–Trinajstić information content (AvgIpc) is 2.36. The molecule has 0 saturated carbocycles. The van der Waals surface area contributed by atoms with Crippen LogP contribution >= 0.6 is 0 Å². The largest absolute Gasteiger partial charge is 0.369 e. The molecule has 0 unspecified atom stereocenters. The Kier molecular flexibility index (Phi) is 6.80. The number of piperidine rings is 1. The van der Waals surface area contributed by atoms with Crippen molar-refractivity contribution in [2.45, 2.75) is 32.7 Å². The van der Waals surface area contributed by atoms with Crippen LogP contribution in [0, 0.1) is 5.92 Å². The molecule has 1 rings (SSSR count). The summed E-state index contributed by atoms with van der Waals surface area (Å²) >= 11 is 0. The third kappa shape index (κ3) is 6.54. The molecule has 2 amide bonds.